The van der Waals surface area contributed by atoms with E-state index < -0.39 is 0 Å². The van der Waals surface area contributed by atoms with Crippen LogP contribution in [0.3, 0.4) is 0 Å². The summed E-state index contributed by atoms with van der Waals surface area (Å²) in [5, 5.41) is 2.55. The van der Waals surface area contributed by atoms with Gasteiger partial charge in [0.25, 0.3) is 0 Å². The van der Waals surface area contributed by atoms with Crippen molar-refractivity contribution < 1.29 is 4.79 Å². The van der Waals surface area contributed by atoms with Gasteiger partial charge in [-0.25, -0.2) is 0 Å². The van der Waals surface area contributed by atoms with Gasteiger partial charge >= 0.3 is 0 Å². The highest BCUT2D eigenvalue weighted by Crippen LogP contribution is 1.99. The molecule has 0 aromatic carbocycles. The minimum absolute atomic E-state index is 0.107. The maximum Gasteiger partial charge on any atom is 0.221 e. The van der Waals surface area contributed by atoms with Gasteiger partial charge in [0.1, 0.15) is 0 Å². The molecule has 0 unspecified atom stereocenters. The lowest BCUT2D eigenvalue weighted by Gasteiger charge is -1.96. The Balaban J connectivity index is 2.67. The van der Waals surface area contributed by atoms with Gasteiger partial charge in [-0.3, -0.25) is 9.78 Å². The molecule has 1 aromatic heterocycles. The minimum Gasteiger partial charge on any atom is -0.324 e. The van der Waals surface area contributed by atoms with E-state index in [2.05, 4.69) is 16.4 Å². The highest BCUT2D eigenvalue weighted by molar-refractivity contribution is 5.88. The summed E-state index contributed by atoms with van der Waals surface area (Å²) in [5.74, 6) is -0.107. The Kier molecular flexibility index (Phi) is 1.99. The number of nitrogens with zero attached hydrogens (tertiary/aromatic N) is 1. The first-order valence-electron chi connectivity index (χ1n) is 2.88. The van der Waals surface area contributed by atoms with Crippen LogP contribution < -0.4 is 5.32 Å². The highest BCUT2D eigenvalue weighted by atomic mass is 16.1. The molecular weight excluding hydrogens is 128 g/mol. The van der Waals surface area contributed by atoms with Crippen LogP contribution in [0.4, 0.5) is 5.69 Å². The van der Waals surface area contributed by atoms with Crippen molar-refractivity contribution in [2.45, 2.75) is 6.92 Å². The van der Waals surface area contributed by atoms with Gasteiger partial charge in [0.2, 0.25) is 5.91 Å². The smallest absolute Gasteiger partial charge is 0.221 e. The molecule has 1 amide bonds. The molecule has 3 nitrogen and oxygen atoms in total. The average molecular weight is 135 g/mol. The van der Waals surface area contributed by atoms with E-state index in [1.807, 2.05) is 0 Å². The predicted molar refractivity (Wildman–Crippen MR) is 37.4 cm³/mol. The molecule has 1 aromatic rings. The number of carbonyl (C=O) groups excluding carboxylic acids is 1. The van der Waals surface area contributed by atoms with Gasteiger partial charge in [-0.2, -0.15) is 0 Å². The molecule has 51 valence electrons. The number of nitrogens with one attached hydrogen (secondary N) is 1. The van der Waals surface area contributed by atoms with Gasteiger partial charge < -0.3 is 5.32 Å². The summed E-state index contributed by atoms with van der Waals surface area (Å²) in [4.78, 5) is 14.2. The lowest BCUT2D eigenvalue weighted by molar-refractivity contribution is -0.114. The summed E-state index contributed by atoms with van der Waals surface area (Å²) < 4.78 is 0. The van der Waals surface area contributed by atoms with Gasteiger partial charge in [-0.05, 0) is 6.07 Å². The van der Waals surface area contributed by atoms with Crippen LogP contribution in [0, 0.1) is 6.07 Å². The van der Waals surface area contributed by atoms with E-state index in [4.69, 9.17) is 0 Å². The van der Waals surface area contributed by atoms with E-state index in [0.717, 1.165) is 0 Å². The molecule has 0 aliphatic heterocycles. The predicted octanol–water partition coefficient (Wildman–Crippen LogP) is 0.840. The fraction of sp³-hybridized carbons (Fsp3) is 0.143. The molecule has 0 saturated carbocycles. The Hall–Kier alpha value is -1.38. The number of amides is 1. The summed E-state index contributed by atoms with van der Waals surface area (Å²) in [7, 11) is 0. The fourth-order valence-corrected chi connectivity index (χ4v) is 0.583. The van der Waals surface area contributed by atoms with E-state index in [-0.39, 0.29) is 5.91 Å². The molecule has 0 saturated heterocycles. The summed E-state index contributed by atoms with van der Waals surface area (Å²) >= 11 is 0. The first-order valence-corrected chi connectivity index (χ1v) is 2.88. The summed E-state index contributed by atoms with van der Waals surface area (Å²) in [6.07, 6.45) is 3.15. The quantitative estimate of drug-likeness (QED) is 0.620. The topological polar surface area (TPSA) is 42.0 Å². The fourth-order valence-electron chi connectivity index (χ4n) is 0.583. The molecule has 0 atom stereocenters. The van der Waals surface area contributed by atoms with Crippen LogP contribution in [0.2, 0.25) is 0 Å². The zero-order valence-corrected chi connectivity index (χ0v) is 5.59. The van der Waals surface area contributed by atoms with Gasteiger partial charge in [0, 0.05) is 19.2 Å². The van der Waals surface area contributed by atoms with Crippen molar-refractivity contribution in [2.75, 3.05) is 5.32 Å². The average Bonchev–Trinajstić information content (AvgIpc) is 1.88. The zero-order chi connectivity index (χ0) is 7.40. The number of pyridine rings is 1. The monoisotopic (exact) mass is 135 g/mol. The molecule has 0 aliphatic rings. The molecule has 1 rings (SSSR count). The van der Waals surface area contributed by atoms with Crippen LogP contribution in [-0.4, -0.2) is 10.9 Å². The Morgan fingerprint density at radius 2 is 2.60 bits per heavy atom. The SMILES string of the molecule is CC(=O)Nc1[c]ccnc1. The summed E-state index contributed by atoms with van der Waals surface area (Å²) in [6.45, 7) is 1.45. The molecule has 10 heavy (non-hydrogen) atoms. The van der Waals surface area contributed by atoms with Crippen LogP contribution >= 0.6 is 0 Å². The molecule has 1 N–H and O–H groups in total. The number of rotatable bonds is 1. The third kappa shape index (κ3) is 1.85. The van der Waals surface area contributed by atoms with Gasteiger partial charge in [0.15, 0.2) is 0 Å². The Morgan fingerprint density at radius 3 is 3.10 bits per heavy atom. The van der Waals surface area contributed by atoms with Crippen molar-refractivity contribution in [3.63, 3.8) is 0 Å². The van der Waals surface area contributed by atoms with E-state index in [0.29, 0.717) is 5.69 Å². The van der Waals surface area contributed by atoms with E-state index >= 15 is 0 Å². The standard InChI is InChI=1S/C7H7N2O/c1-6(10)9-7-3-2-4-8-5-7/h2,4-5H,1H3,(H,9,10). The number of aromatic nitrogens is 1. The van der Waals surface area contributed by atoms with E-state index in [9.17, 15) is 4.79 Å². The molecule has 0 bridgehead atoms. The largest absolute Gasteiger partial charge is 0.324 e. The van der Waals surface area contributed by atoms with Crippen molar-refractivity contribution in [2.24, 2.45) is 0 Å². The first-order chi connectivity index (χ1) is 4.79. The second kappa shape index (κ2) is 2.96. The third-order valence-electron chi connectivity index (χ3n) is 0.914. The second-order valence-electron chi connectivity index (χ2n) is 1.83. The Labute approximate surface area is 59.1 Å². The van der Waals surface area contributed by atoms with Crippen LogP contribution in [0.25, 0.3) is 0 Å². The van der Waals surface area contributed by atoms with Crippen molar-refractivity contribution in [1.29, 1.82) is 0 Å². The maximum atomic E-state index is 10.5. The van der Waals surface area contributed by atoms with Crippen LogP contribution in [-0.2, 0) is 4.79 Å². The number of anilines is 1. The Bertz CT molecular complexity index is 220. The molecule has 0 spiro atoms. The van der Waals surface area contributed by atoms with E-state index in [1.165, 1.54) is 6.92 Å². The molecule has 0 fully saturated rings. The number of carbonyl (C=O) groups is 1. The highest BCUT2D eigenvalue weighted by Gasteiger charge is 1.91. The second-order valence-corrected chi connectivity index (χ2v) is 1.83. The molecule has 3 heteroatoms. The lowest BCUT2D eigenvalue weighted by Crippen LogP contribution is -2.05. The lowest BCUT2D eigenvalue weighted by atomic mass is 10.4. The summed E-state index contributed by atoms with van der Waals surface area (Å²) in [5.41, 5.74) is 0.606. The molecule has 1 heterocycles. The molecule has 1 radical (unpaired) electrons. The zero-order valence-electron chi connectivity index (χ0n) is 5.59. The van der Waals surface area contributed by atoms with Gasteiger partial charge in [-0.15, -0.1) is 0 Å². The van der Waals surface area contributed by atoms with Crippen LogP contribution in [0.5, 0.6) is 0 Å². The summed E-state index contributed by atoms with van der Waals surface area (Å²) in [6, 6.07) is 4.45. The maximum absolute atomic E-state index is 10.5. The molecule has 0 aliphatic carbocycles. The van der Waals surface area contributed by atoms with E-state index in [1.54, 1.807) is 18.5 Å². The first kappa shape index (κ1) is 6.74. The Morgan fingerprint density at radius 1 is 1.80 bits per heavy atom. The van der Waals surface area contributed by atoms with Crippen LogP contribution in [0.15, 0.2) is 18.5 Å². The minimum atomic E-state index is -0.107. The van der Waals surface area contributed by atoms with Crippen molar-refractivity contribution in [3.8, 4) is 0 Å². The molecular formula is C7H7N2O. The van der Waals surface area contributed by atoms with Gasteiger partial charge in [-0.1, -0.05) is 0 Å². The number of hydrogen-bond acceptors (Lipinski definition) is 2. The van der Waals surface area contributed by atoms with Gasteiger partial charge in [0.05, 0.1) is 11.9 Å². The van der Waals surface area contributed by atoms with Crippen molar-refractivity contribution >= 4 is 11.6 Å². The van der Waals surface area contributed by atoms with Crippen molar-refractivity contribution in [1.82, 2.24) is 4.98 Å². The normalized spacial score (nSPS) is 8.90. The number of hydrogen-bond donors (Lipinski definition) is 1. The van der Waals surface area contributed by atoms with Crippen LogP contribution in [0.1, 0.15) is 6.92 Å². The van der Waals surface area contributed by atoms with Crippen molar-refractivity contribution in [3.05, 3.63) is 24.5 Å². The third-order valence-corrected chi connectivity index (χ3v) is 0.914.